The maximum Gasteiger partial charge on any atom is 0.145 e. The standard InChI is InChI=1S/C10H12N4S/c1-7(8-2-3-15-6-8)14-10-5-12-9(11)4-13-10/h2-7H,1H3,(H2,11,12)(H,13,14). The van der Waals surface area contributed by atoms with E-state index in [0.717, 1.165) is 5.82 Å². The molecule has 0 aliphatic rings. The quantitative estimate of drug-likeness (QED) is 0.833. The highest BCUT2D eigenvalue weighted by Gasteiger charge is 2.05. The summed E-state index contributed by atoms with van der Waals surface area (Å²) in [6.07, 6.45) is 3.18. The lowest BCUT2D eigenvalue weighted by Crippen LogP contribution is -2.07. The van der Waals surface area contributed by atoms with Crippen LogP contribution in [0.25, 0.3) is 0 Å². The van der Waals surface area contributed by atoms with Crippen LogP contribution in [-0.2, 0) is 0 Å². The highest BCUT2D eigenvalue weighted by atomic mass is 32.1. The highest BCUT2D eigenvalue weighted by molar-refractivity contribution is 7.07. The molecule has 78 valence electrons. The molecule has 0 aromatic carbocycles. The van der Waals surface area contributed by atoms with Gasteiger partial charge in [0.2, 0.25) is 0 Å². The Labute approximate surface area is 92.2 Å². The lowest BCUT2D eigenvalue weighted by molar-refractivity contribution is 0.877. The molecule has 2 rings (SSSR count). The molecule has 2 heterocycles. The number of nitrogens with one attached hydrogen (secondary N) is 1. The lowest BCUT2D eigenvalue weighted by Gasteiger charge is -2.12. The summed E-state index contributed by atoms with van der Waals surface area (Å²) in [6, 6.07) is 2.32. The fourth-order valence-electron chi connectivity index (χ4n) is 1.24. The van der Waals surface area contributed by atoms with Gasteiger partial charge in [-0.05, 0) is 29.3 Å². The Bertz CT molecular complexity index is 409. The van der Waals surface area contributed by atoms with Crippen molar-refractivity contribution in [3.05, 3.63) is 34.8 Å². The third kappa shape index (κ3) is 2.44. The fourth-order valence-corrected chi connectivity index (χ4v) is 1.99. The molecule has 0 spiro atoms. The van der Waals surface area contributed by atoms with Gasteiger partial charge in [0, 0.05) is 0 Å². The van der Waals surface area contributed by atoms with E-state index in [1.54, 1.807) is 23.7 Å². The first kappa shape index (κ1) is 9.92. The van der Waals surface area contributed by atoms with Crippen molar-refractivity contribution in [2.75, 3.05) is 11.1 Å². The summed E-state index contributed by atoms with van der Waals surface area (Å²) in [6.45, 7) is 2.08. The molecule has 3 N–H and O–H groups in total. The van der Waals surface area contributed by atoms with Gasteiger partial charge in [0.05, 0.1) is 18.4 Å². The number of thiophene rings is 1. The van der Waals surface area contributed by atoms with E-state index in [1.165, 1.54) is 5.56 Å². The van der Waals surface area contributed by atoms with Crippen LogP contribution in [0.4, 0.5) is 11.6 Å². The molecule has 4 nitrogen and oxygen atoms in total. The molecular formula is C10H12N4S. The number of nitrogen functional groups attached to an aromatic ring is 1. The van der Waals surface area contributed by atoms with Gasteiger partial charge in [-0.2, -0.15) is 11.3 Å². The zero-order valence-corrected chi connectivity index (χ0v) is 9.16. The molecule has 0 fully saturated rings. The molecule has 0 aliphatic heterocycles. The molecule has 5 heteroatoms. The van der Waals surface area contributed by atoms with Crippen LogP contribution in [0.5, 0.6) is 0 Å². The molecule has 0 saturated heterocycles. The molecule has 0 saturated carbocycles. The van der Waals surface area contributed by atoms with Crippen molar-refractivity contribution in [3.63, 3.8) is 0 Å². The second kappa shape index (κ2) is 4.27. The van der Waals surface area contributed by atoms with Gasteiger partial charge in [0.15, 0.2) is 0 Å². The van der Waals surface area contributed by atoms with Crippen LogP contribution < -0.4 is 11.1 Å². The molecule has 0 radical (unpaired) electrons. The first-order valence-corrected chi connectivity index (χ1v) is 5.56. The van der Waals surface area contributed by atoms with Crippen molar-refractivity contribution in [1.29, 1.82) is 0 Å². The Morgan fingerprint density at radius 3 is 2.87 bits per heavy atom. The van der Waals surface area contributed by atoms with Crippen LogP contribution >= 0.6 is 11.3 Å². The molecule has 15 heavy (non-hydrogen) atoms. The van der Waals surface area contributed by atoms with Gasteiger partial charge in [0.1, 0.15) is 11.6 Å². The van der Waals surface area contributed by atoms with Gasteiger partial charge in [-0.25, -0.2) is 9.97 Å². The van der Waals surface area contributed by atoms with Gasteiger partial charge in [-0.3, -0.25) is 0 Å². The molecule has 1 atom stereocenters. The number of nitrogens with two attached hydrogens (primary N) is 1. The summed E-state index contributed by atoms with van der Waals surface area (Å²) in [7, 11) is 0. The summed E-state index contributed by atoms with van der Waals surface area (Å²) in [5, 5.41) is 7.42. The summed E-state index contributed by atoms with van der Waals surface area (Å²) < 4.78 is 0. The largest absolute Gasteiger partial charge is 0.382 e. The van der Waals surface area contributed by atoms with Crippen molar-refractivity contribution < 1.29 is 0 Å². The minimum Gasteiger partial charge on any atom is -0.382 e. The maximum absolute atomic E-state index is 5.45. The van der Waals surface area contributed by atoms with Crippen LogP contribution in [-0.4, -0.2) is 9.97 Å². The maximum atomic E-state index is 5.45. The number of rotatable bonds is 3. The molecule has 2 aromatic rings. The van der Waals surface area contributed by atoms with E-state index in [1.807, 2.05) is 0 Å². The predicted octanol–water partition coefficient (Wildman–Crippen LogP) is 2.29. The van der Waals surface area contributed by atoms with E-state index < -0.39 is 0 Å². The molecule has 0 bridgehead atoms. The van der Waals surface area contributed by atoms with Gasteiger partial charge in [-0.1, -0.05) is 0 Å². The minimum absolute atomic E-state index is 0.231. The zero-order chi connectivity index (χ0) is 10.7. The van der Waals surface area contributed by atoms with Crippen molar-refractivity contribution >= 4 is 23.0 Å². The van der Waals surface area contributed by atoms with E-state index in [-0.39, 0.29) is 6.04 Å². The lowest BCUT2D eigenvalue weighted by atomic mass is 10.2. The summed E-state index contributed by atoms with van der Waals surface area (Å²) >= 11 is 1.68. The molecular weight excluding hydrogens is 208 g/mol. The topological polar surface area (TPSA) is 63.8 Å². The highest BCUT2D eigenvalue weighted by Crippen LogP contribution is 2.19. The van der Waals surface area contributed by atoms with Crippen LogP contribution in [0.1, 0.15) is 18.5 Å². The zero-order valence-electron chi connectivity index (χ0n) is 8.34. The smallest absolute Gasteiger partial charge is 0.145 e. The van der Waals surface area contributed by atoms with Crippen molar-refractivity contribution in [1.82, 2.24) is 9.97 Å². The first-order chi connectivity index (χ1) is 7.25. The van der Waals surface area contributed by atoms with E-state index >= 15 is 0 Å². The van der Waals surface area contributed by atoms with Crippen molar-refractivity contribution in [3.8, 4) is 0 Å². The van der Waals surface area contributed by atoms with Gasteiger partial charge in [0.25, 0.3) is 0 Å². The third-order valence-electron chi connectivity index (χ3n) is 2.08. The monoisotopic (exact) mass is 220 g/mol. The molecule has 0 aliphatic carbocycles. The number of hydrogen-bond donors (Lipinski definition) is 2. The number of hydrogen-bond acceptors (Lipinski definition) is 5. The van der Waals surface area contributed by atoms with Gasteiger partial charge < -0.3 is 11.1 Å². The van der Waals surface area contributed by atoms with Gasteiger partial charge >= 0.3 is 0 Å². The van der Waals surface area contributed by atoms with Gasteiger partial charge in [-0.15, -0.1) is 0 Å². The summed E-state index contributed by atoms with van der Waals surface area (Å²) in [5.41, 5.74) is 6.70. The van der Waals surface area contributed by atoms with E-state index in [2.05, 4.69) is 39.0 Å². The Balaban J connectivity index is 2.06. The summed E-state index contributed by atoms with van der Waals surface area (Å²) in [4.78, 5) is 8.10. The van der Waals surface area contributed by atoms with E-state index in [4.69, 9.17) is 5.73 Å². The number of nitrogens with zero attached hydrogens (tertiary/aromatic N) is 2. The van der Waals surface area contributed by atoms with Crippen LogP contribution in [0, 0.1) is 0 Å². The van der Waals surface area contributed by atoms with E-state index in [0.29, 0.717) is 5.82 Å². The average molecular weight is 220 g/mol. The average Bonchev–Trinajstić information content (AvgIpc) is 2.74. The minimum atomic E-state index is 0.231. The second-order valence-corrected chi connectivity index (χ2v) is 4.03. The van der Waals surface area contributed by atoms with E-state index in [9.17, 15) is 0 Å². The number of aromatic nitrogens is 2. The Kier molecular flexibility index (Phi) is 2.82. The van der Waals surface area contributed by atoms with Crippen molar-refractivity contribution in [2.24, 2.45) is 0 Å². The predicted molar refractivity (Wildman–Crippen MR) is 62.8 cm³/mol. The SMILES string of the molecule is CC(Nc1cnc(N)cn1)c1ccsc1. The number of anilines is 2. The van der Waals surface area contributed by atoms with Crippen LogP contribution in [0.2, 0.25) is 0 Å². The Morgan fingerprint density at radius 1 is 1.40 bits per heavy atom. The second-order valence-electron chi connectivity index (χ2n) is 3.25. The van der Waals surface area contributed by atoms with Crippen LogP contribution in [0.3, 0.4) is 0 Å². The van der Waals surface area contributed by atoms with Crippen molar-refractivity contribution in [2.45, 2.75) is 13.0 Å². The third-order valence-corrected chi connectivity index (χ3v) is 2.78. The first-order valence-electron chi connectivity index (χ1n) is 4.62. The molecule has 0 amide bonds. The Hall–Kier alpha value is -1.62. The summed E-state index contributed by atoms with van der Waals surface area (Å²) in [5.74, 6) is 1.17. The fraction of sp³-hybridized carbons (Fsp3) is 0.200. The molecule has 1 unspecified atom stereocenters. The van der Waals surface area contributed by atoms with Crippen LogP contribution in [0.15, 0.2) is 29.2 Å². The Morgan fingerprint density at radius 2 is 2.27 bits per heavy atom. The normalized spacial score (nSPS) is 12.3. The molecule has 2 aromatic heterocycles.